The molecule has 0 saturated carbocycles. The zero-order chi connectivity index (χ0) is 22.7. The number of halogens is 4. The topological polar surface area (TPSA) is 59.8 Å². The first-order valence-corrected chi connectivity index (χ1v) is 9.91. The van der Waals surface area contributed by atoms with E-state index in [-0.39, 0.29) is 24.6 Å². The minimum atomic E-state index is -4.62. The summed E-state index contributed by atoms with van der Waals surface area (Å²) in [6, 6.07) is 19.1. The average molecular weight is 459 g/mol. The highest BCUT2D eigenvalue weighted by atomic mass is 35.5. The van der Waals surface area contributed by atoms with Crippen LogP contribution in [0, 0.1) is 0 Å². The molecule has 164 valence electrons. The molecular formula is C23H18ClF3N4O. The number of rotatable bonds is 5. The molecule has 2 aromatic heterocycles. The molecule has 1 N–H and O–H groups in total. The number of alkyl halides is 3. The Bertz CT molecular complexity index is 1240. The van der Waals surface area contributed by atoms with Gasteiger partial charge in [0.2, 0.25) is 0 Å². The van der Waals surface area contributed by atoms with Crippen molar-refractivity contribution in [2.45, 2.75) is 12.7 Å². The zero-order valence-electron chi connectivity index (χ0n) is 16.5. The van der Waals surface area contributed by atoms with Crippen molar-refractivity contribution in [2.75, 3.05) is 0 Å². The largest absolute Gasteiger partial charge is 0.435 e. The second-order valence-electron chi connectivity index (χ2n) is 6.86. The van der Waals surface area contributed by atoms with E-state index in [4.69, 9.17) is 11.6 Å². The van der Waals surface area contributed by atoms with E-state index in [0.717, 1.165) is 10.7 Å². The molecule has 0 aliphatic rings. The van der Waals surface area contributed by atoms with Gasteiger partial charge >= 0.3 is 6.18 Å². The maximum atomic E-state index is 13.3. The third-order valence-corrected chi connectivity index (χ3v) is 5.00. The number of nitrogens with one attached hydrogen (secondary N) is 1. The Labute approximate surface area is 188 Å². The first-order chi connectivity index (χ1) is 15.3. The fraction of sp³-hybridized carbons (Fsp3) is 0.0870. The van der Waals surface area contributed by atoms with Crippen molar-refractivity contribution in [3.63, 3.8) is 0 Å². The van der Waals surface area contributed by atoms with Gasteiger partial charge in [-0.15, -0.1) is 0 Å². The van der Waals surface area contributed by atoms with Gasteiger partial charge in [-0.1, -0.05) is 41.9 Å². The van der Waals surface area contributed by atoms with Crippen LogP contribution in [0.1, 0.15) is 23.2 Å². The number of amides is 1. The van der Waals surface area contributed by atoms with Crippen LogP contribution >= 0.6 is 11.6 Å². The Morgan fingerprint density at radius 2 is 1.75 bits per heavy atom. The zero-order valence-corrected chi connectivity index (χ0v) is 17.2. The normalized spacial score (nSPS) is 11.4. The fourth-order valence-electron chi connectivity index (χ4n) is 3.10. The summed E-state index contributed by atoms with van der Waals surface area (Å²) in [7, 11) is 0. The summed E-state index contributed by atoms with van der Waals surface area (Å²) in [5.74, 6) is -0.321. The molecule has 9 heteroatoms. The van der Waals surface area contributed by atoms with Gasteiger partial charge in [0.05, 0.1) is 28.6 Å². The predicted molar refractivity (Wildman–Crippen MR) is 117 cm³/mol. The Morgan fingerprint density at radius 1 is 1.03 bits per heavy atom. The van der Waals surface area contributed by atoms with Crippen LogP contribution in [0.15, 0.2) is 79.0 Å². The number of nitrogens with zero attached hydrogens (tertiary/aromatic N) is 3. The van der Waals surface area contributed by atoms with E-state index < -0.39 is 11.9 Å². The van der Waals surface area contributed by atoms with Crippen molar-refractivity contribution < 1.29 is 19.4 Å². The van der Waals surface area contributed by atoms with Crippen molar-refractivity contribution >= 4 is 17.5 Å². The molecule has 0 saturated heterocycles. The number of carbonyl (C=O) groups is 1. The van der Waals surface area contributed by atoms with Crippen molar-refractivity contribution in [2.24, 2.45) is 0 Å². The lowest BCUT2D eigenvalue weighted by atomic mass is 10.1. The molecule has 0 spiro atoms. The summed E-state index contributed by atoms with van der Waals surface area (Å²) in [6.45, 7) is 0.260. The van der Waals surface area contributed by atoms with E-state index in [2.05, 4.69) is 15.4 Å². The lowest BCUT2D eigenvalue weighted by Gasteiger charge is -2.10. The van der Waals surface area contributed by atoms with Crippen LogP contribution < -0.4 is 5.32 Å². The predicted octanol–water partition coefficient (Wildman–Crippen LogP) is 5.78. The Kier molecular flexibility index (Phi) is 5.96. The second-order valence-corrected chi connectivity index (χ2v) is 7.26. The van der Waals surface area contributed by atoms with Crippen LogP contribution in [0.3, 0.4) is 0 Å². The first-order valence-electron chi connectivity index (χ1n) is 9.53. The van der Waals surface area contributed by atoms with Gasteiger partial charge in [0.25, 0.3) is 5.91 Å². The lowest BCUT2D eigenvalue weighted by Crippen LogP contribution is -2.23. The summed E-state index contributed by atoms with van der Waals surface area (Å²) < 4.78 is 41.2. The van der Waals surface area contributed by atoms with Crippen LogP contribution in [0.4, 0.5) is 13.2 Å². The number of hydrogen-bond acceptors (Lipinski definition) is 3. The molecule has 0 unspecified atom stereocenters. The first kappa shape index (κ1) is 21.6. The van der Waals surface area contributed by atoms with Crippen molar-refractivity contribution in [3.8, 4) is 16.9 Å². The monoisotopic (exact) mass is 458 g/mol. The Balaban J connectivity index is 0.00000306. The standard InChI is InChI=1S/C23H16ClF3N4O.H2/c24-18-6-1-2-7-19(18)31-20(13-21(30-31)23(25,26)27)15-8-10-16(11-9-15)22(32)29-14-17-5-3-4-12-28-17;/h1-13H,14H2,(H,29,32);1H. The molecular weight excluding hydrogens is 441 g/mol. The van der Waals surface area contributed by atoms with Gasteiger partial charge in [0.15, 0.2) is 5.69 Å². The highest BCUT2D eigenvalue weighted by Gasteiger charge is 2.35. The van der Waals surface area contributed by atoms with Gasteiger partial charge in [-0.2, -0.15) is 18.3 Å². The van der Waals surface area contributed by atoms with Crippen LogP contribution in [-0.4, -0.2) is 20.7 Å². The molecule has 0 fully saturated rings. The molecule has 0 aliphatic carbocycles. The second kappa shape index (κ2) is 8.84. The highest BCUT2D eigenvalue weighted by molar-refractivity contribution is 6.32. The van der Waals surface area contributed by atoms with Crippen molar-refractivity contribution in [3.05, 3.63) is 101 Å². The highest BCUT2D eigenvalue weighted by Crippen LogP contribution is 2.34. The van der Waals surface area contributed by atoms with Gasteiger partial charge in [-0.3, -0.25) is 9.78 Å². The molecule has 0 aliphatic heterocycles. The average Bonchev–Trinajstić information content (AvgIpc) is 3.24. The molecule has 0 radical (unpaired) electrons. The van der Waals surface area contributed by atoms with Gasteiger partial charge in [-0.05, 0) is 42.5 Å². The Morgan fingerprint density at radius 3 is 2.41 bits per heavy atom. The number of benzene rings is 2. The number of carbonyl (C=O) groups excluding carboxylic acids is 1. The summed E-state index contributed by atoms with van der Waals surface area (Å²) in [5, 5.41) is 6.75. The van der Waals surface area contributed by atoms with Crippen LogP contribution in [0.25, 0.3) is 16.9 Å². The number of aromatic nitrogens is 3. The van der Waals surface area contributed by atoms with Crippen LogP contribution in [-0.2, 0) is 12.7 Å². The molecule has 4 aromatic rings. The van der Waals surface area contributed by atoms with E-state index in [1.807, 2.05) is 6.07 Å². The van der Waals surface area contributed by atoms with E-state index >= 15 is 0 Å². The number of para-hydroxylation sites is 1. The molecule has 4 rings (SSSR count). The van der Waals surface area contributed by atoms with Gasteiger partial charge in [-0.25, -0.2) is 4.68 Å². The fourth-order valence-corrected chi connectivity index (χ4v) is 3.32. The SMILES string of the molecule is O=C(NCc1ccccn1)c1ccc(-c2cc(C(F)(F)F)nn2-c2ccccc2Cl)cc1.[HH]. The smallest absolute Gasteiger partial charge is 0.346 e. The van der Waals surface area contributed by atoms with Crippen molar-refractivity contribution in [1.29, 1.82) is 0 Å². The quantitative estimate of drug-likeness (QED) is 0.412. The summed E-state index contributed by atoms with van der Waals surface area (Å²) in [6.07, 6.45) is -2.99. The number of hydrogen-bond donors (Lipinski definition) is 1. The molecule has 1 amide bonds. The minimum Gasteiger partial charge on any atom is -0.346 e. The van der Waals surface area contributed by atoms with Gasteiger partial charge in [0.1, 0.15) is 0 Å². The summed E-state index contributed by atoms with van der Waals surface area (Å²) in [4.78, 5) is 16.6. The summed E-state index contributed by atoms with van der Waals surface area (Å²) >= 11 is 6.19. The van der Waals surface area contributed by atoms with Gasteiger partial charge < -0.3 is 5.32 Å². The third-order valence-electron chi connectivity index (χ3n) is 4.68. The molecule has 2 aromatic carbocycles. The third kappa shape index (κ3) is 4.65. The van der Waals surface area contributed by atoms with E-state index in [1.54, 1.807) is 66.9 Å². The van der Waals surface area contributed by atoms with E-state index in [1.165, 1.54) is 0 Å². The molecule has 0 bridgehead atoms. The maximum Gasteiger partial charge on any atom is 0.435 e. The van der Waals surface area contributed by atoms with E-state index in [9.17, 15) is 18.0 Å². The number of pyridine rings is 1. The van der Waals surface area contributed by atoms with Crippen molar-refractivity contribution in [1.82, 2.24) is 20.1 Å². The lowest BCUT2D eigenvalue weighted by molar-refractivity contribution is -0.141. The molecule has 5 nitrogen and oxygen atoms in total. The van der Waals surface area contributed by atoms with E-state index in [0.29, 0.717) is 22.5 Å². The summed E-state index contributed by atoms with van der Waals surface area (Å²) in [5.41, 5.74) is 1.01. The van der Waals surface area contributed by atoms with Crippen LogP contribution in [0.5, 0.6) is 0 Å². The Hall–Kier alpha value is -3.65. The molecule has 2 heterocycles. The maximum absolute atomic E-state index is 13.3. The van der Waals surface area contributed by atoms with Crippen LogP contribution in [0.2, 0.25) is 5.02 Å². The molecule has 32 heavy (non-hydrogen) atoms. The van der Waals surface area contributed by atoms with Gasteiger partial charge in [0, 0.05) is 18.8 Å². The molecule has 0 atom stereocenters. The minimum absolute atomic E-state index is 0.